The monoisotopic (exact) mass is 398 g/mol. The first-order chi connectivity index (χ1) is 14.1. The van der Waals surface area contributed by atoms with Gasteiger partial charge >= 0.3 is 0 Å². The van der Waals surface area contributed by atoms with E-state index in [1.54, 1.807) is 19.2 Å². The molecule has 0 radical (unpaired) electrons. The van der Waals surface area contributed by atoms with Gasteiger partial charge in [0, 0.05) is 31.3 Å². The number of para-hydroxylation sites is 2. The molecule has 1 heterocycles. The van der Waals surface area contributed by atoms with E-state index in [0.717, 1.165) is 12.8 Å². The number of hydrogen-bond acceptors (Lipinski definition) is 5. The lowest BCUT2D eigenvalue weighted by Gasteiger charge is -2.40. The highest BCUT2D eigenvalue weighted by Gasteiger charge is 2.34. The Morgan fingerprint density at radius 1 is 1.07 bits per heavy atom. The Morgan fingerprint density at radius 3 is 2.41 bits per heavy atom. The van der Waals surface area contributed by atoms with E-state index in [9.17, 15) is 4.79 Å². The number of carbonyl (C=O) groups is 1. The van der Waals surface area contributed by atoms with Crippen LogP contribution in [0.1, 0.15) is 31.4 Å². The first-order valence-electron chi connectivity index (χ1n) is 10.0. The molecule has 0 saturated carbocycles. The van der Waals surface area contributed by atoms with E-state index in [4.69, 9.17) is 14.2 Å². The topological polar surface area (TPSA) is 68.8 Å². The molecule has 0 spiro atoms. The van der Waals surface area contributed by atoms with Gasteiger partial charge in [0.05, 0.1) is 7.11 Å². The van der Waals surface area contributed by atoms with Crippen molar-refractivity contribution in [2.45, 2.75) is 31.3 Å². The highest BCUT2D eigenvalue weighted by Crippen LogP contribution is 2.26. The van der Waals surface area contributed by atoms with Crippen LogP contribution < -0.4 is 20.1 Å². The van der Waals surface area contributed by atoms with E-state index >= 15 is 0 Å². The number of hydrogen-bond donors (Lipinski definition) is 2. The molecule has 6 nitrogen and oxygen atoms in total. The summed E-state index contributed by atoms with van der Waals surface area (Å²) in [6.45, 7) is 3.99. The molecule has 1 amide bonds. The quantitative estimate of drug-likeness (QED) is 0.679. The van der Waals surface area contributed by atoms with Crippen molar-refractivity contribution in [3.05, 3.63) is 60.2 Å². The molecule has 1 atom stereocenters. The van der Waals surface area contributed by atoms with E-state index < -0.39 is 0 Å². The predicted molar refractivity (Wildman–Crippen MR) is 112 cm³/mol. The molecule has 2 aromatic rings. The normalized spacial score (nSPS) is 16.6. The zero-order valence-electron chi connectivity index (χ0n) is 17.1. The summed E-state index contributed by atoms with van der Waals surface area (Å²) in [5, 5.41) is 6.78. The summed E-state index contributed by atoms with van der Waals surface area (Å²) in [7, 11) is 1.58. The molecule has 0 aliphatic carbocycles. The average Bonchev–Trinajstić information content (AvgIpc) is 2.77. The van der Waals surface area contributed by atoms with Crippen LogP contribution in [0.15, 0.2) is 54.6 Å². The molecule has 1 fully saturated rings. The molecule has 1 saturated heterocycles. The first-order valence-corrected chi connectivity index (χ1v) is 10.0. The molecule has 3 rings (SSSR count). The third-order valence-corrected chi connectivity index (χ3v) is 5.32. The van der Waals surface area contributed by atoms with Crippen LogP contribution in [0.3, 0.4) is 0 Å². The van der Waals surface area contributed by atoms with Crippen LogP contribution in [0.2, 0.25) is 0 Å². The number of benzene rings is 2. The predicted octanol–water partition coefficient (Wildman–Crippen LogP) is 3.09. The fourth-order valence-corrected chi connectivity index (χ4v) is 3.62. The van der Waals surface area contributed by atoms with Crippen LogP contribution in [0.5, 0.6) is 11.5 Å². The highest BCUT2D eigenvalue weighted by atomic mass is 16.5. The van der Waals surface area contributed by atoms with Crippen molar-refractivity contribution < 1.29 is 19.0 Å². The number of carbonyl (C=O) groups excluding carboxylic acids is 1. The molecule has 2 N–H and O–H groups in total. The molecule has 156 valence electrons. The van der Waals surface area contributed by atoms with Crippen molar-refractivity contribution in [1.29, 1.82) is 0 Å². The van der Waals surface area contributed by atoms with Gasteiger partial charge in [-0.1, -0.05) is 42.5 Å². The van der Waals surface area contributed by atoms with Gasteiger partial charge in [-0.25, -0.2) is 0 Å². The molecule has 2 aromatic carbocycles. The second kappa shape index (κ2) is 10.3. The number of nitrogens with one attached hydrogen (secondary N) is 2. The van der Waals surface area contributed by atoms with E-state index in [2.05, 4.69) is 29.7 Å². The maximum Gasteiger partial charge on any atom is 0.258 e. The van der Waals surface area contributed by atoms with Crippen LogP contribution in [0.25, 0.3) is 0 Å². The van der Waals surface area contributed by atoms with E-state index in [-0.39, 0.29) is 24.1 Å². The Balaban J connectivity index is 1.56. The van der Waals surface area contributed by atoms with Crippen molar-refractivity contribution in [3.8, 4) is 11.5 Å². The lowest BCUT2D eigenvalue weighted by molar-refractivity contribution is -0.123. The molecule has 0 bridgehead atoms. The number of rotatable bonds is 9. The molecule has 29 heavy (non-hydrogen) atoms. The molecule has 1 unspecified atom stereocenters. The molecule has 1 aliphatic heterocycles. The standard InChI is InChI=1S/C23H30N2O4/c1-18(19-8-4-3-5-9-19)25-23(12-14-28-15-13-23)17-24-22(26)16-29-21-11-7-6-10-20(21)27-2/h3-11,18,25H,12-17H2,1-2H3,(H,24,26). The van der Waals surface area contributed by atoms with Crippen molar-refractivity contribution in [1.82, 2.24) is 10.6 Å². The minimum atomic E-state index is -0.201. The van der Waals surface area contributed by atoms with Gasteiger partial charge in [0.15, 0.2) is 18.1 Å². The van der Waals surface area contributed by atoms with Gasteiger partial charge in [-0.2, -0.15) is 0 Å². The van der Waals surface area contributed by atoms with Gasteiger partial charge in [0.1, 0.15) is 0 Å². The fraction of sp³-hybridized carbons (Fsp3) is 0.435. The van der Waals surface area contributed by atoms with Gasteiger partial charge in [0.25, 0.3) is 5.91 Å². The summed E-state index contributed by atoms with van der Waals surface area (Å²) < 4.78 is 16.4. The van der Waals surface area contributed by atoms with Crippen molar-refractivity contribution in [3.63, 3.8) is 0 Å². The largest absolute Gasteiger partial charge is 0.493 e. The van der Waals surface area contributed by atoms with Crippen molar-refractivity contribution in [2.24, 2.45) is 0 Å². The number of ether oxygens (including phenoxy) is 3. The van der Waals surface area contributed by atoms with Gasteiger partial charge in [-0.15, -0.1) is 0 Å². The molecular formula is C23H30N2O4. The number of methoxy groups -OCH3 is 1. The third-order valence-electron chi connectivity index (χ3n) is 5.32. The highest BCUT2D eigenvalue weighted by molar-refractivity contribution is 5.77. The van der Waals surface area contributed by atoms with E-state index in [1.165, 1.54) is 5.56 Å². The van der Waals surface area contributed by atoms with E-state index in [0.29, 0.717) is 31.3 Å². The Hall–Kier alpha value is -2.57. The Bertz CT molecular complexity index is 775. The Morgan fingerprint density at radius 2 is 1.72 bits per heavy atom. The maximum atomic E-state index is 12.4. The zero-order valence-corrected chi connectivity index (χ0v) is 17.1. The van der Waals surface area contributed by atoms with Crippen LogP contribution in [0.4, 0.5) is 0 Å². The molecule has 6 heteroatoms. The smallest absolute Gasteiger partial charge is 0.258 e. The first kappa shape index (κ1) is 21.1. The zero-order chi connectivity index (χ0) is 20.5. The summed E-state index contributed by atoms with van der Waals surface area (Å²) in [5.41, 5.74) is 1.03. The van der Waals surface area contributed by atoms with Crippen molar-refractivity contribution >= 4 is 5.91 Å². The fourth-order valence-electron chi connectivity index (χ4n) is 3.62. The van der Waals surface area contributed by atoms with Gasteiger partial charge in [-0.3, -0.25) is 4.79 Å². The lowest BCUT2D eigenvalue weighted by Crippen LogP contribution is -2.57. The number of amides is 1. The second-order valence-electron chi connectivity index (χ2n) is 7.39. The van der Waals surface area contributed by atoms with Crippen LogP contribution in [-0.4, -0.2) is 44.9 Å². The van der Waals surface area contributed by atoms with Gasteiger partial charge < -0.3 is 24.8 Å². The molecule has 1 aliphatic rings. The molecule has 0 aromatic heterocycles. The maximum absolute atomic E-state index is 12.4. The Kier molecular flexibility index (Phi) is 7.49. The van der Waals surface area contributed by atoms with Crippen LogP contribution in [-0.2, 0) is 9.53 Å². The second-order valence-corrected chi connectivity index (χ2v) is 7.39. The summed E-state index contributed by atoms with van der Waals surface area (Å²) >= 11 is 0. The SMILES string of the molecule is COc1ccccc1OCC(=O)NCC1(NC(C)c2ccccc2)CCOCC1. The van der Waals surface area contributed by atoms with E-state index in [1.807, 2.05) is 30.3 Å². The lowest BCUT2D eigenvalue weighted by atomic mass is 9.88. The van der Waals surface area contributed by atoms with Crippen molar-refractivity contribution in [2.75, 3.05) is 33.5 Å². The summed E-state index contributed by atoms with van der Waals surface area (Å²) in [6, 6.07) is 17.8. The average molecular weight is 399 g/mol. The van der Waals surface area contributed by atoms with Gasteiger partial charge in [-0.05, 0) is 37.5 Å². The summed E-state index contributed by atoms with van der Waals surface area (Å²) in [5.74, 6) is 1.01. The Labute approximate surface area is 172 Å². The summed E-state index contributed by atoms with van der Waals surface area (Å²) in [6.07, 6.45) is 1.69. The third kappa shape index (κ3) is 5.95. The molecular weight excluding hydrogens is 368 g/mol. The summed E-state index contributed by atoms with van der Waals surface area (Å²) in [4.78, 5) is 12.4. The van der Waals surface area contributed by atoms with Crippen LogP contribution in [0, 0.1) is 0 Å². The minimum absolute atomic E-state index is 0.0544. The van der Waals surface area contributed by atoms with Gasteiger partial charge in [0.2, 0.25) is 0 Å². The van der Waals surface area contributed by atoms with Crippen LogP contribution >= 0.6 is 0 Å². The minimum Gasteiger partial charge on any atom is -0.493 e.